The quantitative estimate of drug-likeness (QED) is 0.623. The second-order valence-electron chi connectivity index (χ2n) is 3.23. The third-order valence-electron chi connectivity index (χ3n) is 1.76. The molecule has 80 valence electrons. The van der Waals surface area contributed by atoms with Crippen molar-refractivity contribution in [2.24, 2.45) is 5.84 Å². The molecular formula is C9H15ClN2S2. The van der Waals surface area contributed by atoms with E-state index in [-0.39, 0.29) is 6.04 Å². The lowest BCUT2D eigenvalue weighted by Gasteiger charge is -2.15. The highest BCUT2D eigenvalue weighted by atomic mass is 35.5. The lowest BCUT2D eigenvalue weighted by molar-refractivity contribution is 0.620. The van der Waals surface area contributed by atoms with E-state index in [9.17, 15) is 0 Å². The molecule has 1 aromatic heterocycles. The number of rotatable bonds is 5. The molecule has 0 saturated carbocycles. The summed E-state index contributed by atoms with van der Waals surface area (Å²) in [5.74, 6) is 6.46. The van der Waals surface area contributed by atoms with Crippen molar-refractivity contribution >= 4 is 34.7 Å². The summed E-state index contributed by atoms with van der Waals surface area (Å²) in [5, 5.41) is 3.41. The van der Waals surface area contributed by atoms with Gasteiger partial charge in [0.1, 0.15) is 0 Å². The molecule has 3 N–H and O–H groups in total. The van der Waals surface area contributed by atoms with Gasteiger partial charge in [0.25, 0.3) is 0 Å². The molecule has 0 saturated heterocycles. The van der Waals surface area contributed by atoms with Crippen LogP contribution >= 0.6 is 34.7 Å². The first kappa shape index (κ1) is 12.3. The Morgan fingerprint density at radius 1 is 1.64 bits per heavy atom. The topological polar surface area (TPSA) is 38.0 Å². The molecule has 0 radical (unpaired) electrons. The van der Waals surface area contributed by atoms with Crippen LogP contribution < -0.4 is 11.3 Å². The molecule has 0 aromatic carbocycles. The number of hydrogen-bond acceptors (Lipinski definition) is 4. The van der Waals surface area contributed by atoms with E-state index in [2.05, 4.69) is 19.3 Å². The number of nitrogens with two attached hydrogens (primary N) is 1. The van der Waals surface area contributed by atoms with Crippen molar-refractivity contribution in [2.75, 3.05) is 5.75 Å². The van der Waals surface area contributed by atoms with E-state index in [1.54, 1.807) is 11.3 Å². The number of halogens is 1. The van der Waals surface area contributed by atoms with Gasteiger partial charge >= 0.3 is 0 Å². The average Bonchev–Trinajstić information content (AvgIpc) is 2.53. The third kappa shape index (κ3) is 3.44. The summed E-state index contributed by atoms with van der Waals surface area (Å²) in [5.41, 5.74) is 2.81. The largest absolute Gasteiger partial charge is 0.271 e. The van der Waals surface area contributed by atoms with Gasteiger partial charge in [0.2, 0.25) is 0 Å². The van der Waals surface area contributed by atoms with E-state index in [1.807, 2.05) is 23.2 Å². The molecule has 1 heterocycles. The summed E-state index contributed by atoms with van der Waals surface area (Å²) in [6, 6.07) is 2.07. The second-order valence-corrected chi connectivity index (χ2v) is 6.20. The average molecular weight is 251 g/mol. The van der Waals surface area contributed by atoms with Gasteiger partial charge in [-0.3, -0.25) is 11.3 Å². The SMILES string of the molecule is CC(C)SCC(NN)c1sccc1Cl. The monoisotopic (exact) mass is 250 g/mol. The molecule has 1 atom stereocenters. The molecule has 2 nitrogen and oxygen atoms in total. The number of hydrogen-bond donors (Lipinski definition) is 2. The fourth-order valence-corrected chi connectivity index (χ4v) is 3.24. The van der Waals surface area contributed by atoms with Crippen LogP contribution in [0, 0.1) is 0 Å². The van der Waals surface area contributed by atoms with E-state index in [0.29, 0.717) is 5.25 Å². The Hall–Kier alpha value is 0.260. The van der Waals surface area contributed by atoms with Gasteiger partial charge in [-0.25, -0.2) is 0 Å². The zero-order valence-corrected chi connectivity index (χ0v) is 10.7. The van der Waals surface area contributed by atoms with Crippen molar-refractivity contribution in [3.63, 3.8) is 0 Å². The standard InChI is InChI=1S/C9H15ClN2S2/c1-6(2)14-5-8(12-11)9-7(10)3-4-13-9/h3-4,6,8,12H,5,11H2,1-2H3. The van der Waals surface area contributed by atoms with Gasteiger partial charge in [0, 0.05) is 10.6 Å². The number of hydrazine groups is 1. The Bertz CT molecular complexity index is 276. The summed E-state index contributed by atoms with van der Waals surface area (Å²) in [4.78, 5) is 1.13. The van der Waals surface area contributed by atoms with Gasteiger partial charge in [0.05, 0.1) is 11.1 Å². The zero-order chi connectivity index (χ0) is 10.6. The maximum Gasteiger partial charge on any atom is 0.0658 e. The molecule has 0 aliphatic carbocycles. The van der Waals surface area contributed by atoms with Crippen LogP contribution in [0.5, 0.6) is 0 Å². The van der Waals surface area contributed by atoms with Gasteiger partial charge in [-0.05, 0) is 16.7 Å². The number of thioether (sulfide) groups is 1. The Kier molecular flexibility index (Phi) is 5.26. The second kappa shape index (κ2) is 5.98. The van der Waals surface area contributed by atoms with E-state index in [4.69, 9.17) is 17.4 Å². The lowest BCUT2D eigenvalue weighted by Crippen LogP contribution is -2.29. The molecule has 0 bridgehead atoms. The summed E-state index contributed by atoms with van der Waals surface area (Å²) in [6.07, 6.45) is 0. The molecule has 0 aliphatic rings. The van der Waals surface area contributed by atoms with Crippen molar-refractivity contribution in [3.05, 3.63) is 21.3 Å². The molecular weight excluding hydrogens is 236 g/mol. The molecule has 0 amide bonds. The summed E-state index contributed by atoms with van der Waals surface area (Å²) in [6.45, 7) is 4.35. The minimum Gasteiger partial charge on any atom is -0.271 e. The first-order valence-electron chi connectivity index (χ1n) is 4.45. The highest BCUT2D eigenvalue weighted by Gasteiger charge is 2.15. The summed E-state index contributed by atoms with van der Waals surface area (Å²) in [7, 11) is 0. The van der Waals surface area contributed by atoms with Gasteiger partial charge in [-0.15, -0.1) is 11.3 Å². The van der Waals surface area contributed by atoms with Crippen molar-refractivity contribution < 1.29 is 0 Å². The molecule has 1 unspecified atom stereocenters. The van der Waals surface area contributed by atoms with Crippen molar-refractivity contribution in [1.82, 2.24) is 5.43 Å². The van der Waals surface area contributed by atoms with Crippen molar-refractivity contribution in [2.45, 2.75) is 25.1 Å². The lowest BCUT2D eigenvalue weighted by atomic mass is 10.3. The smallest absolute Gasteiger partial charge is 0.0658 e. The summed E-state index contributed by atoms with van der Waals surface area (Å²) < 4.78 is 0. The third-order valence-corrected chi connectivity index (χ3v) is 4.42. The number of thiophene rings is 1. The maximum atomic E-state index is 6.03. The first-order valence-corrected chi connectivity index (χ1v) is 6.76. The molecule has 0 aliphatic heterocycles. The molecule has 1 aromatic rings. The van der Waals surface area contributed by atoms with Crippen LogP contribution in [0.2, 0.25) is 5.02 Å². The van der Waals surface area contributed by atoms with E-state index < -0.39 is 0 Å². The van der Waals surface area contributed by atoms with Crippen LogP contribution in [0.4, 0.5) is 0 Å². The van der Waals surface area contributed by atoms with Crippen LogP contribution in [0.25, 0.3) is 0 Å². The molecule has 1 rings (SSSR count). The highest BCUT2D eigenvalue weighted by molar-refractivity contribution is 7.99. The first-order chi connectivity index (χ1) is 6.65. The van der Waals surface area contributed by atoms with Gasteiger partial charge < -0.3 is 0 Å². The fourth-order valence-electron chi connectivity index (χ4n) is 1.04. The molecule has 0 spiro atoms. The predicted octanol–water partition coefficient (Wildman–Crippen LogP) is 3.05. The number of nitrogens with one attached hydrogen (secondary N) is 1. The fraction of sp³-hybridized carbons (Fsp3) is 0.556. The van der Waals surface area contributed by atoms with E-state index in [1.165, 1.54) is 0 Å². The van der Waals surface area contributed by atoms with Gasteiger partial charge in [-0.1, -0.05) is 25.4 Å². The Balaban J connectivity index is 2.58. The van der Waals surface area contributed by atoms with Crippen LogP contribution in [-0.2, 0) is 0 Å². The van der Waals surface area contributed by atoms with E-state index in [0.717, 1.165) is 15.7 Å². The normalized spacial score (nSPS) is 13.5. The molecule has 5 heteroatoms. The molecule has 0 fully saturated rings. The van der Waals surface area contributed by atoms with Gasteiger partial charge in [0.15, 0.2) is 0 Å². The zero-order valence-electron chi connectivity index (χ0n) is 8.29. The minimum atomic E-state index is 0.162. The minimum absolute atomic E-state index is 0.162. The van der Waals surface area contributed by atoms with Crippen LogP contribution in [0.15, 0.2) is 11.4 Å². The van der Waals surface area contributed by atoms with Crippen LogP contribution in [0.3, 0.4) is 0 Å². The van der Waals surface area contributed by atoms with Crippen LogP contribution in [0.1, 0.15) is 24.8 Å². The van der Waals surface area contributed by atoms with E-state index >= 15 is 0 Å². The van der Waals surface area contributed by atoms with Crippen molar-refractivity contribution in [1.29, 1.82) is 0 Å². The Labute approximate surface area is 98.2 Å². The maximum absolute atomic E-state index is 6.03. The highest BCUT2D eigenvalue weighted by Crippen LogP contribution is 2.30. The van der Waals surface area contributed by atoms with Crippen LogP contribution in [-0.4, -0.2) is 11.0 Å². The Morgan fingerprint density at radius 3 is 2.79 bits per heavy atom. The Morgan fingerprint density at radius 2 is 2.36 bits per heavy atom. The summed E-state index contributed by atoms with van der Waals surface area (Å²) >= 11 is 9.56. The van der Waals surface area contributed by atoms with Gasteiger partial charge in [-0.2, -0.15) is 11.8 Å². The van der Waals surface area contributed by atoms with Crippen molar-refractivity contribution in [3.8, 4) is 0 Å². The predicted molar refractivity (Wildman–Crippen MR) is 67.0 cm³/mol. The molecule has 14 heavy (non-hydrogen) atoms.